The number of aryl methyl sites for hydroxylation is 1. The van der Waals surface area contributed by atoms with Crippen LogP contribution in [-0.4, -0.2) is 68.5 Å². The van der Waals surface area contributed by atoms with Gasteiger partial charge in [-0.1, -0.05) is 25.1 Å². The van der Waals surface area contributed by atoms with Gasteiger partial charge in [0.1, 0.15) is 0 Å². The summed E-state index contributed by atoms with van der Waals surface area (Å²) in [5.41, 5.74) is 1.95. The summed E-state index contributed by atoms with van der Waals surface area (Å²) in [4.78, 5) is 29.7. The van der Waals surface area contributed by atoms with Gasteiger partial charge in [0.2, 0.25) is 11.8 Å². The number of benzene rings is 1. The molecule has 30 heavy (non-hydrogen) atoms. The Bertz CT molecular complexity index is 910. The lowest BCUT2D eigenvalue weighted by atomic mass is 10.0. The molecule has 0 spiro atoms. The molecule has 1 aromatic rings. The largest absolute Gasteiger partial charge is 0.376 e. The van der Waals surface area contributed by atoms with E-state index in [0.717, 1.165) is 30.5 Å². The molecule has 0 saturated carbocycles. The molecule has 1 aromatic carbocycles. The minimum Gasteiger partial charge on any atom is -0.376 e. The van der Waals surface area contributed by atoms with E-state index in [0.29, 0.717) is 26.1 Å². The van der Waals surface area contributed by atoms with Crippen LogP contribution in [0.1, 0.15) is 38.2 Å². The van der Waals surface area contributed by atoms with Crippen molar-refractivity contribution in [1.82, 2.24) is 4.90 Å². The minimum absolute atomic E-state index is 0.00844. The molecule has 3 saturated heterocycles. The molecule has 0 aromatic heterocycles. The number of amides is 2. The quantitative estimate of drug-likeness (QED) is 0.682. The van der Waals surface area contributed by atoms with E-state index < -0.39 is 15.8 Å². The van der Waals surface area contributed by atoms with E-state index in [-0.39, 0.29) is 41.9 Å². The molecule has 0 unspecified atom stereocenters. The van der Waals surface area contributed by atoms with E-state index in [9.17, 15) is 18.0 Å². The Kier molecular flexibility index (Phi) is 6.16. The Hall–Kier alpha value is -1.93. The van der Waals surface area contributed by atoms with Crippen molar-refractivity contribution in [1.29, 1.82) is 0 Å². The molecule has 3 aliphatic rings. The van der Waals surface area contributed by atoms with Gasteiger partial charge in [-0.15, -0.1) is 0 Å². The van der Waals surface area contributed by atoms with Crippen LogP contribution in [0.3, 0.4) is 0 Å². The number of hydrogen-bond donors (Lipinski definition) is 0. The second-order valence-corrected chi connectivity index (χ2v) is 10.8. The van der Waals surface area contributed by atoms with Gasteiger partial charge < -0.3 is 14.5 Å². The van der Waals surface area contributed by atoms with Crippen molar-refractivity contribution in [3.05, 3.63) is 29.8 Å². The second kappa shape index (κ2) is 8.67. The van der Waals surface area contributed by atoms with E-state index in [1.54, 1.807) is 9.80 Å². The standard InChI is InChI=1S/C22H30N2O5S/c1-2-16-6-3-4-8-20(16)24-13-17(12-21(24)25)22(26)23(14-19-7-5-10-29-19)18-9-11-30(27,28)15-18/h3-4,6,8,17-19H,2,5,7,9-15H2,1H3/t17-,18+,19+/m1/s1. The fraction of sp³-hybridized carbons (Fsp3) is 0.636. The highest BCUT2D eigenvalue weighted by atomic mass is 32.2. The zero-order valence-electron chi connectivity index (χ0n) is 17.5. The third kappa shape index (κ3) is 4.39. The zero-order valence-corrected chi connectivity index (χ0v) is 18.3. The number of nitrogens with zero attached hydrogens (tertiary/aromatic N) is 2. The number of hydrogen-bond acceptors (Lipinski definition) is 5. The van der Waals surface area contributed by atoms with Crippen LogP contribution in [0.25, 0.3) is 0 Å². The molecule has 3 heterocycles. The second-order valence-electron chi connectivity index (χ2n) is 8.57. The fourth-order valence-corrected chi connectivity index (χ4v) is 6.59. The van der Waals surface area contributed by atoms with Gasteiger partial charge in [0, 0.05) is 37.8 Å². The third-order valence-electron chi connectivity index (χ3n) is 6.49. The number of carbonyl (C=O) groups is 2. The highest BCUT2D eigenvalue weighted by Crippen LogP contribution is 2.31. The van der Waals surface area contributed by atoms with E-state index in [1.807, 2.05) is 31.2 Å². The Morgan fingerprint density at radius 3 is 2.73 bits per heavy atom. The molecule has 0 aliphatic carbocycles. The van der Waals surface area contributed by atoms with Crippen molar-refractivity contribution in [2.75, 3.05) is 36.1 Å². The average molecular weight is 435 g/mol. The Morgan fingerprint density at radius 1 is 1.27 bits per heavy atom. The van der Waals surface area contributed by atoms with Crippen LogP contribution < -0.4 is 4.90 Å². The van der Waals surface area contributed by atoms with Gasteiger partial charge in [0.25, 0.3) is 0 Å². The number of sulfone groups is 1. The van der Waals surface area contributed by atoms with Crippen LogP contribution in [-0.2, 0) is 30.6 Å². The first-order valence-electron chi connectivity index (χ1n) is 10.9. The normalized spacial score (nSPS) is 28.2. The summed E-state index contributed by atoms with van der Waals surface area (Å²) in [6.45, 7) is 3.48. The third-order valence-corrected chi connectivity index (χ3v) is 8.24. The molecule has 3 fully saturated rings. The lowest BCUT2D eigenvalue weighted by molar-refractivity contribution is -0.139. The molecule has 8 heteroatoms. The molecule has 3 aliphatic heterocycles. The van der Waals surface area contributed by atoms with Crippen molar-refractivity contribution in [3.8, 4) is 0 Å². The summed E-state index contributed by atoms with van der Waals surface area (Å²) in [6.07, 6.45) is 3.22. The Labute approximate surface area is 178 Å². The number of ether oxygens (including phenoxy) is 1. The SMILES string of the molecule is CCc1ccccc1N1C[C@H](C(=O)N(C[C@@H]2CCCO2)[C@H]2CCS(=O)(=O)C2)CC1=O. The Balaban J connectivity index is 1.53. The van der Waals surface area contributed by atoms with E-state index in [4.69, 9.17) is 4.74 Å². The first-order chi connectivity index (χ1) is 14.4. The smallest absolute Gasteiger partial charge is 0.228 e. The maximum absolute atomic E-state index is 13.5. The zero-order chi connectivity index (χ0) is 21.3. The van der Waals surface area contributed by atoms with Crippen molar-refractivity contribution in [3.63, 3.8) is 0 Å². The highest BCUT2D eigenvalue weighted by Gasteiger charge is 2.42. The first-order valence-corrected chi connectivity index (χ1v) is 12.7. The maximum Gasteiger partial charge on any atom is 0.228 e. The molecule has 0 radical (unpaired) electrons. The monoisotopic (exact) mass is 434 g/mol. The number of para-hydroxylation sites is 1. The van der Waals surface area contributed by atoms with Crippen LogP contribution in [0.2, 0.25) is 0 Å². The first kappa shape index (κ1) is 21.3. The molecule has 0 N–H and O–H groups in total. The molecule has 2 amide bonds. The number of carbonyl (C=O) groups excluding carboxylic acids is 2. The van der Waals surface area contributed by atoms with Gasteiger partial charge in [-0.05, 0) is 37.3 Å². The van der Waals surface area contributed by atoms with Crippen molar-refractivity contribution < 1.29 is 22.7 Å². The van der Waals surface area contributed by atoms with E-state index in [1.165, 1.54) is 0 Å². The lowest BCUT2D eigenvalue weighted by Crippen LogP contribution is -2.48. The van der Waals surface area contributed by atoms with Gasteiger partial charge in [-0.3, -0.25) is 9.59 Å². The predicted octanol–water partition coefficient (Wildman–Crippen LogP) is 1.80. The van der Waals surface area contributed by atoms with E-state index in [2.05, 4.69) is 0 Å². The van der Waals surface area contributed by atoms with Crippen LogP contribution in [0, 0.1) is 5.92 Å². The number of rotatable bonds is 6. The maximum atomic E-state index is 13.5. The summed E-state index contributed by atoms with van der Waals surface area (Å²) in [5, 5.41) is 0. The summed E-state index contributed by atoms with van der Waals surface area (Å²) in [7, 11) is -3.12. The van der Waals surface area contributed by atoms with Gasteiger partial charge in [0.05, 0.1) is 23.5 Å². The van der Waals surface area contributed by atoms with Gasteiger partial charge in [0.15, 0.2) is 9.84 Å². The molecule has 7 nitrogen and oxygen atoms in total. The topological polar surface area (TPSA) is 84.0 Å². The van der Waals surface area contributed by atoms with Gasteiger partial charge >= 0.3 is 0 Å². The molecular formula is C22H30N2O5S. The van der Waals surface area contributed by atoms with E-state index >= 15 is 0 Å². The molecular weight excluding hydrogens is 404 g/mol. The van der Waals surface area contributed by atoms with Crippen molar-refractivity contribution in [2.45, 2.75) is 51.2 Å². The van der Waals surface area contributed by atoms with Crippen LogP contribution >= 0.6 is 0 Å². The van der Waals surface area contributed by atoms with Gasteiger partial charge in [-0.25, -0.2) is 8.42 Å². The fourth-order valence-electron chi connectivity index (χ4n) is 4.86. The Morgan fingerprint density at radius 2 is 2.07 bits per heavy atom. The molecule has 164 valence electrons. The van der Waals surface area contributed by atoms with Crippen LogP contribution in [0.4, 0.5) is 5.69 Å². The molecule has 4 rings (SSSR count). The number of anilines is 1. The summed E-state index contributed by atoms with van der Waals surface area (Å²) in [6, 6.07) is 7.47. The molecule has 0 bridgehead atoms. The minimum atomic E-state index is -3.12. The van der Waals surface area contributed by atoms with Crippen LogP contribution in [0.5, 0.6) is 0 Å². The molecule has 3 atom stereocenters. The highest BCUT2D eigenvalue weighted by molar-refractivity contribution is 7.91. The summed E-state index contributed by atoms with van der Waals surface area (Å²) in [5.74, 6) is -0.490. The van der Waals surface area contributed by atoms with Crippen LogP contribution in [0.15, 0.2) is 24.3 Å². The summed E-state index contributed by atoms with van der Waals surface area (Å²) >= 11 is 0. The predicted molar refractivity (Wildman–Crippen MR) is 114 cm³/mol. The average Bonchev–Trinajstić information content (AvgIpc) is 3.46. The van der Waals surface area contributed by atoms with Gasteiger partial charge in [-0.2, -0.15) is 0 Å². The van der Waals surface area contributed by atoms with Crippen molar-refractivity contribution >= 4 is 27.3 Å². The van der Waals surface area contributed by atoms with Crippen molar-refractivity contribution in [2.24, 2.45) is 5.92 Å². The lowest BCUT2D eigenvalue weighted by Gasteiger charge is -2.32. The summed E-state index contributed by atoms with van der Waals surface area (Å²) < 4.78 is 29.8.